The first-order valence-electron chi connectivity index (χ1n) is 7.87. The van der Waals surface area contributed by atoms with Crippen LogP contribution in [-0.2, 0) is 0 Å². The Hall–Kier alpha value is -1.70. The summed E-state index contributed by atoms with van der Waals surface area (Å²) in [5.74, 6) is 2.36. The third-order valence-corrected chi connectivity index (χ3v) is 4.23. The zero-order chi connectivity index (χ0) is 15.2. The molecule has 0 aromatic heterocycles. The predicted octanol–water partition coefficient (Wildman–Crippen LogP) is 4.77. The molecule has 0 radical (unpaired) electrons. The van der Waals surface area contributed by atoms with Gasteiger partial charge in [0.2, 0.25) is 0 Å². The van der Waals surface area contributed by atoms with E-state index in [4.69, 9.17) is 4.99 Å². The van der Waals surface area contributed by atoms with Crippen molar-refractivity contribution in [1.29, 1.82) is 0 Å². The van der Waals surface area contributed by atoms with Gasteiger partial charge in [-0.1, -0.05) is 49.5 Å². The predicted molar refractivity (Wildman–Crippen MR) is 93.0 cm³/mol. The number of rotatable bonds is 3. The summed E-state index contributed by atoms with van der Waals surface area (Å²) >= 11 is 0. The van der Waals surface area contributed by atoms with Gasteiger partial charge >= 0.3 is 0 Å². The molecule has 0 heterocycles. The normalized spacial score (nSPS) is 27.7. The molecule has 0 N–H and O–H groups in total. The van der Waals surface area contributed by atoms with Crippen LogP contribution in [0, 0.1) is 17.8 Å². The minimum absolute atomic E-state index is 0.255. The summed E-state index contributed by atoms with van der Waals surface area (Å²) in [6.45, 7) is 6.24. The van der Waals surface area contributed by atoms with E-state index in [-0.39, 0.29) is 5.92 Å². The molecule has 2 unspecified atom stereocenters. The van der Waals surface area contributed by atoms with E-state index in [9.17, 15) is 0 Å². The van der Waals surface area contributed by atoms with Gasteiger partial charge in [-0.3, -0.25) is 4.99 Å². The molecule has 2 rings (SSSR count). The lowest BCUT2D eigenvalue weighted by Crippen LogP contribution is -2.17. The molecule has 3 atom stereocenters. The summed E-state index contributed by atoms with van der Waals surface area (Å²) in [4.78, 5) is 9.08. The Labute approximate surface area is 128 Å². The van der Waals surface area contributed by atoms with Gasteiger partial charge in [-0.15, -0.1) is 0 Å². The summed E-state index contributed by atoms with van der Waals surface area (Å²) in [5.41, 5.74) is 2.29. The van der Waals surface area contributed by atoms with Crippen LogP contribution in [0.25, 0.3) is 0 Å². The summed E-state index contributed by atoms with van der Waals surface area (Å²) in [5, 5.41) is 0. The summed E-state index contributed by atoms with van der Waals surface area (Å²) in [7, 11) is 1.82. The molecule has 2 aliphatic carbocycles. The molecule has 0 fully saturated rings. The molecule has 0 spiro atoms. The van der Waals surface area contributed by atoms with Crippen molar-refractivity contribution < 1.29 is 0 Å². The summed E-state index contributed by atoms with van der Waals surface area (Å²) in [6, 6.07) is 0. The average molecular weight is 282 g/mol. The lowest BCUT2D eigenvalue weighted by Gasteiger charge is -2.26. The van der Waals surface area contributed by atoms with E-state index in [1.807, 2.05) is 14.0 Å². The van der Waals surface area contributed by atoms with Gasteiger partial charge in [0.05, 0.1) is 0 Å². The summed E-state index contributed by atoms with van der Waals surface area (Å²) in [6.07, 6.45) is 18.2. The van der Waals surface area contributed by atoms with Gasteiger partial charge in [0.15, 0.2) is 0 Å². The van der Waals surface area contributed by atoms with Crippen LogP contribution in [0.4, 0.5) is 0 Å². The standard InChI is InChI=1S/C19H26N2/c1-5-8-14(2)19(20-4)21-15(3)17-12-11-16-9-6-7-10-18(16)13-17/h5,7-8,10-14,16,18H,6,9H2,1-4H3/b8-5-,20-19-,21-15?/t14-,16?,18?/m1/s1. The number of nitrogens with zero attached hydrogens (tertiary/aromatic N) is 2. The second-order valence-electron chi connectivity index (χ2n) is 5.82. The third kappa shape index (κ3) is 3.90. The van der Waals surface area contributed by atoms with Gasteiger partial charge in [-0.2, -0.15) is 0 Å². The number of hydrogen-bond donors (Lipinski definition) is 0. The number of fused-ring (bicyclic) bond motifs is 1. The smallest absolute Gasteiger partial charge is 0.129 e. The van der Waals surface area contributed by atoms with Gasteiger partial charge in [0, 0.05) is 24.6 Å². The lowest BCUT2D eigenvalue weighted by atomic mass is 9.79. The molecular weight excluding hydrogens is 256 g/mol. The van der Waals surface area contributed by atoms with E-state index in [0.29, 0.717) is 11.8 Å². The van der Waals surface area contributed by atoms with Crippen LogP contribution >= 0.6 is 0 Å². The van der Waals surface area contributed by atoms with Crippen molar-refractivity contribution in [3.8, 4) is 0 Å². The highest BCUT2D eigenvalue weighted by atomic mass is 14.9. The minimum atomic E-state index is 0.255. The van der Waals surface area contributed by atoms with Gasteiger partial charge in [-0.05, 0) is 38.2 Å². The molecule has 2 aliphatic rings. The van der Waals surface area contributed by atoms with E-state index in [1.54, 1.807) is 0 Å². The maximum absolute atomic E-state index is 4.75. The molecule has 0 saturated carbocycles. The van der Waals surface area contributed by atoms with Crippen LogP contribution in [0.15, 0.2) is 58.1 Å². The van der Waals surface area contributed by atoms with E-state index in [1.165, 1.54) is 18.4 Å². The molecule has 21 heavy (non-hydrogen) atoms. The summed E-state index contributed by atoms with van der Waals surface area (Å²) < 4.78 is 0. The van der Waals surface area contributed by atoms with E-state index < -0.39 is 0 Å². The number of hydrogen-bond acceptors (Lipinski definition) is 1. The van der Waals surface area contributed by atoms with Crippen molar-refractivity contribution in [2.75, 3.05) is 7.05 Å². The molecule has 2 heteroatoms. The fraction of sp³-hybridized carbons (Fsp3) is 0.474. The molecule has 112 valence electrons. The Kier molecular flexibility index (Phi) is 5.49. The Morgan fingerprint density at radius 1 is 1.38 bits per heavy atom. The fourth-order valence-corrected chi connectivity index (χ4v) is 2.98. The monoisotopic (exact) mass is 282 g/mol. The van der Waals surface area contributed by atoms with Gasteiger partial charge in [0.1, 0.15) is 5.84 Å². The number of amidine groups is 1. The van der Waals surface area contributed by atoms with Crippen LogP contribution in [0.3, 0.4) is 0 Å². The first-order chi connectivity index (χ1) is 10.2. The molecular formula is C19H26N2. The molecule has 0 bridgehead atoms. The fourth-order valence-electron chi connectivity index (χ4n) is 2.98. The third-order valence-electron chi connectivity index (χ3n) is 4.23. The van der Waals surface area contributed by atoms with Gasteiger partial charge in [0.25, 0.3) is 0 Å². The lowest BCUT2D eigenvalue weighted by molar-refractivity contribution is 0.490. The van der Waals surface area contributed by atoms with E-state index in [0.717, 1.165) is 11.5 Å². The SMILES string of the molecule is C/C=C\[C@@H](C)/C(N=C(C)C1=CC2C=CCCC2C=C1)=N/C. The largest absolute Gasteiger partial charge is 0.273 e. The Morgan fingerprint density at radius 2 is 2.19 bits per heavy atom. The highest BCUT2D eigenvalue weighted by Gasteiger charge is 2.21. The van der Waals surface area contributed by atoms with Crippen molar-refractivity contribution >= 4 is 11.5 Å². The van der Waals surface area contributed by atoms with Crippen molar-refractivity contribution in [3.05, 3.63) is 48.1 Å². The zero-order valence-corrected chi connectivity index (χ0v) is 13.6. The average Bonchev–Trinajstić information content (AvgIpc) is 2.52. The van der Waals surface area contributed by atoms with Crippen LogP contribution in [0.5, 0.6) is 0 Å². The van der Waals surface area contributed by atoms with Crippen molar-refractivity contribution in [2.24, 2.45) is 27.7 Å². The second kappa shape index (κ2) is 7.35. The van der Waals surface area contributed by atoms with Crippen molar-refractivity contribution in [3.63, 3.8) is 0 Å². The topological polar surface area (TPSA) is 24.7 Å². The molecule has 0 aromatic carbocycles. The van der Waals surface area contributed by atoms with Crippen LogP contribution in [-0.4, -0.2) is 18.6 Å². The first-order valence-corrected chi connectivity index (χ1v) is 7.87. The van der Waals surface area contributed by atoms with Gasteiger partial charge in [-0.25, -0.2) is 4.99 Å². The van der Waals surface area contributed by atoms with E-state index >= 15 is 0 Å². The number of allylic oxidation sites excluding steroid dienone is 7. The molecule has 0 aromatic rings. The van der Waals surface area contributed by atoms with Gasteiger partial charge < -0.3 is 0 Å². The molecule has 0 amide bonds. The molecule has 2 nitrogen and oxygen atoms in total. The number of aliphatic imine (C=N–C) groups is 2. The van der Waals surface area contributed by atoms with E-state index in [2.05, 4.69) is 61.4 Å². The second-order valence-corrected chi connectivity index (χ2v) is 5.82. The highest BCUT2D eigenvalue weighted by Crippen LogP contribution is 2.31. The quantitative estimate of drug-likeness (QED) is 0.405. The van der Waals surface area contributed by atoms with Crippen molar-refractivity contribution in [1.82, 2.24) is 0 Å². The maximum Gasteiger partial charge on any atom is 0.129 e. The van der Waals surface area contributed by atoms with Crippen LogP contribution < -0.4 is 0 Å². The van der Waals surface area contributed by atoms with Crippen LogP contribution in [0.1, 0.15) is 33.6 Å². The van der Waals surface area contributed by atoms with Crippen LogP contribution in [0.2, 0.25) is 0 Å². The Morgan fingerprint density at radius 3 is 2.90 bits per heavy atom. The molecule has 0 aliphatic heterocycles. The van der Waals surface area contributed by atoms with Crippen molar-refractivity contribution in [2.45, 2.75) is 33.6 Å². The highest BCUT2D eigenvalue weighted by molar-refractivity contribution is 6.08. The molecule has 0 saturated heterocycles. The zero-order valence-electron chi connectivity index (χ0n) is 13.6. The Bertz CT molecular complexity index is 544. The first kappa shape index (κ1) is 15.7. The maximum atomic E-state index is 4.75. The minimum Gasteiger partial charge on any atom is -0.273 e. The Balaban J connectivity index is 2.19.